The minimum Gasteiger partial charge on any atom is -0.465 e. The van der Waals surface area contributed by atoms with E-state index in [9.17, 15) is 38.4 Å². The number of benzene rings is 4. The minimum atomic E-state index is -0.460. The summed E-state index contributed by atoms with van der Waals surface area (Å²) in [6, 6.07) is 37.8. The summed E-state index contributed by atoms with van der Waals surface area (Å²) in [5.41, 5.74) is 11.8. The summed E-state index contributed by atoms with van der Waals surface area (Å²) in [4.78, 5) is 108. The molecule has 8 aromatic heterocycles. The van der Waals surface area contributed by atoms with Crippen molar-refractivity contribution < 1.29 is 76.3 Å². The third-order valence-electron chi connectivity index (χ3n) is 16.1. The van der Waals surface area contributed by atoms with Crippen LogP contribution in [0.1, 0.15) is 105 Å². The van der Waals surface area contributed by atoms with Crippen LogP contribution in [0.25, 0.3) is 83.5 Å². The molecule has 560 valence electrons. The molecule has 12 rings (SSSR count). The van der Waals surface area contributed by atoms with Crippen LogP contribution in [0.5, 0.6) is 0 Å². The van der Waals surface area contributed by atoms with Gasteiger partial charge in [-0.2, -0.15) is 0 Å². The minimum absolute atomic E-state index is 0.397. The molecule has 0 unspecified atom stereocenters. The molecular weight excluding hydrogens is 2250 g/mol. The van der Waals surface area contributed by atoms with Gasteiger partial charge in [-0.1, -0.05) is 0 Å². The highest BCUT2D eigenvalue weighted by Gasteiger charge is 2.34. The lowest BCUT2D eigenvalue weighted by molar-refractivity contribution is 0.0586. The fourth-order valence-corrected chi connectivity index (χ4v) is 24.0. The van der Waals surface area contributed by atoms with Crippen molar-refractivity contribution in [1.82, 2.24) is 0 Å². The van der Waals surface area contributed by atoms with Crippen LogP contribution in [0, 0.1) is 39.2 Å². The molecule has 0 saturated carbocycles. The highest BCUT2D eigenvalue weighted by Crippen LogP contribution is 2.49. The van der Waals surface area contributed by atoms with Gasteiger partial charge in [-0.15, -0.1) is 90.7 Å². The standard InChI is InChI=1S/C20H16Br2O4S2.C20H16I2O4S2.C18H12Br2O4S2.C18H12I2O4S2/c2*1-9-15(11-5-7-13(21)27-11)18(20(24)26-4)10(2)16(17(9)19(23)25-3)12-6-8-14(22)28-12;2*1-23-17(21)11-7-10(14-4-6-16(20)26-14)12(18(22)24-2)8-9(11)13-3-5-15(19)25-13/h2*5-8H,1-4H3;2*3-8H,1-2H3. The second-order valence-electron chi connectivity index (χ2n) is 22.1. The van der Waals surface area contributed by atoms with Crippen molar-refractivity contribution in [2.45, 2.75) is 27.7 Å². The van der Waals surface area contributed by atoms with Crippen molar-refractivity contribution >= 4 is 293 Å². The number of carbonyl (C=O) groups is 8. The molecule has 0 aliphatic rings. The molecule has 0 amide bonds. The number of thiophene rings is 8. The molecule has 0 spiro atoms. The van der Waals surface area contributed by atoms with Gasteiger partial charge < -0.3 is 37.9 Å². The summed E-state index contributed by atoms with van der Waals surface area (Å²) in [6.45, 7) is 7.41. The number of carbonyl (C=O) groups excluding carboxylic acids is 8. The summed E-state index contributed by atoms with van der Waals surface area (Å²) in [5, 5.41) is 0. The average molecular weight is 2310 g/mol. The van der Waals surface area contributed by atoms with E-state index in [1.807, 2.05) is 125 Å². The second kappa shape index (κ2) is 39.2. The molecule has 16 nitrogen and oxygen atoms in total. The molecule has 0 radical (unpaired) electrons. The normalized spacial score (nSPS) is 10.7. The third-order valence-corrected chi connectivity index (χ3v) is 30.4. The zero-order valence-electron chi connectivity index (χ0n) is 58.4. The van der Waals surface area contributed by atoms with Gasteiger partial charge in [0.15, 0.2) is 0 Å². The number of ether oxygens (including phenoxy) is 8. The Bertz CT molecular complexity index is 4820. The van der Waals surface area contributed by atoms with E-state index >= 15 is 0 Å². The maximum Gasteiger partial charge on any atom is 0.338 e. The van der Waals surface area contributed by atoms with Crippen molar-refractivity contribution in [3.63, 3.8) is 0 Å². The predicted octanol–water partition coefficient (Wildman–Crippen LogP) is 25.6. The van der Waals surface area contributed by atoms with E-state index in [2.05, 4.69) is 154 Å². The van der Waals surface area contributed by atoms with Gasteiger partial charge in [0.1, 0.15) is 0 Å². The Labute approximate surface area is 741 Å². The Morgan fingerprint density at radius 3 is 0.583 bits per heavy atom. The Morgan fingerprint density at radius 1 is 0.250 bits per heavy atom. The summed E-state index contributed by atoms with van der Waals surface area (Å²) in [6.07, 6.45) is 0. The van der Waals surface area contributed by atoms with Crippen LogP contribution in [0.15, 0.2) is 136 Å². The first-order valence-electron chi connectivity index (χ1n) is 30.9. The van der Waals surface area contributed by atoms with Crippen LogP contribution in [-0.2, 0) is 37.9 Å². The zero-order chi connectivity index (χ0) is 78.9. The number of halogens is 8. The molecule has 108 heavy (non-hydrogen) atoms. The summed E-state index contributed by atoms with van der Waals surface area (Å²) in [7, 11) is 10.9. The van der Waals surface area contributed by atoms with E-state index in [0.29, 0.717) is 89.0 Å². The van der Waals surface area contributed by atoms with E-state index in [4.69, 9.17) is 37.9 Å². The van der Waals surface area contributed by atoms with E-state index in [0.717, 1.165) is 88.0 Å². The predicted molar refractivity (Wildman–Crippen MR) is 484 cm³/mol. The molecule has 0 atom stereocenters. The fraction of sp³-hybridized carbons (Fsp3) is 0.158. The fourth-order valence-electron chi connectivity index (χ4n) is 11.4. The molecule has 12 aromatic rings. The smallest absolute Gasteiger partial charge is 0.338 e. The topological polar surface area (TPSA) is 210 Å². The Kier molecular flexibility index (Phi) is 31.6. The van der Waals surface area contributed by atoms with Crippen molar-refractivity contribution in [3.8, 4) is 83.5 Å². The van der Waals surface area contributed by atoms with E-state index in [1.165, 1.54) is 102 Å². The zero-order valence-corrected chi connectivity index (χ0v) is 79.9. The van der Waals surface area contributed by atoms with Gasteiger partial charge in [-0.05, 0) is 325 Å². The lowest BCUT2D eigenvalue weighted by Crippen LogP contribution is -2.14. The van der Waals surface area contributed by atoms with Gasteiger partial charge in [0.05, 0.1) is 128 Å². The Balaban J connectivity index is 0.000000166. The van der Waals surface area contributed by atoms with Crippen molar-refractivity contribution in [2.24, 2.45) is 0 Å². The van der Waals surface area contributed by atoms with Crippen molar-refractivity contribution in [1.29, 1.82) is 0 Å². The molecule has 0 aliphatic carbocycles. The molecule has 0 aliphatic heterocycles. The van der Waals surface area contributed by atoms with E-state index in [-0.39, 0.29) is 0 Å². The maximum absolute atomic E-state index is 12.8. The highest BCUT2D eigenvalue weighted by molar-refractivity contribution is 14.1. The van der Waals surface area contributed by atoms with Gasteiger partial charge in [0.25, 0.3) is 0 Å². The third kappa shape index (κ3) is 19.6. The summed E-state index contributed by atoms with van der Waals surface area (Å²) >= 11 is 34.9. The molecule has 32 heteroatoms. The van der Waals surface area contributed by atoms with Crippen LogP contribution in [-0.4, -0.2) is 105 Å². The summed E-state index contributed by atoms with van der Waals surface area (Å²) < 4.78 is 48.4. The van der Waals surface area contributed by atoms with Gasteiger partial charge in [0.2, 0.25) is 0 Å². The maximum atomic E-state index is 12.8. The lowest BCUT2D eigenvalue weighted by Gasteiger charge is -2.20. The molecule has 0 N–H and O–H groups in total. The first kappa shape index (κ1) is 87.1. The van der Waals surface area contributed by atoms with Crippen molar-refractivity contribution in [2.75, 3.05) is 56.9 Å². The van der Waals surface area contributed by atoms with Crippen LogP contribution < -0.4 is 0 Å². The quantitative estimate of drug-likeness (QED) is 0.0500. The molecule has 8 heterocycles. The number of hydrogen-bond donors (Lipinski definition) is 0. The van der Waals surface area contributed by atoms with Crippen LogP contribution >= 0.6 is 245 Å². The molecule has 0 fully saturated rings. The van der Waals surface area contributed by atoms with Crippen LogP contribution in [0.4, 0.5) is 0 Å². The van der Waals surface area contributed by atoms with Gasteiger partial charge >= 0.3 is 47.8 Å². The van der Waals surface area contributed by atoms with Gasteiger partial charge in [-0.25, -0.2) is 38.4 Å². The first-order valence-corrected chi connectivity index (χ1v) is 44.9. The van der Waals surface area contributed by atoms with Crippen LogP contribution in [0.2, 0.25) is 0 Å². The Morgan fingerprint density at radius 2 is 0.417 bits per heavy atom. The monoisotopic (exact) mass is 2300 g/mol. The lowest BCUT2D eigenvalue weighted by atomic mass is 9.86. The number of hydrogen-bond acceptors (Lipinski definition) is 24. The molecule has 0 saturated heterocycles. The largest absolute Gasteiger partial charge is 0.465 e. The molecule has 0 bridgehead atoms. The Hall–Kier alpha value is -4.92. The average Bonchev–Trinajstić information content (AvgIpc) is 1.24. The second-order valence-corrected chi connectivity index (χ2v) is 43.9. The van der Waals surface area contributed by atoms with E-state index < -0.39 is 47.8 Å². The van der Waals surface area contributed by atoms with Gasteiger partial charge in [-0.3, -0.25) is 0 Å². The number of esters is 8. The summed E-state index contributed by atoms with van der Waals surface area (Å²) in [5.74, 6) is -3.50. The SMILES string of the molecule is COC(=O)c1c(C)c(-c2ccc(Br)s2)c(C(=O)OC)c(C)c1-c1ccc(Br)s1.COC(=O)c1c(C)c(-c2ccc(I)s2)c(C(=O)OC)c(C)c1-c1ccc(I)s1.COC(=O)c1cc(-c2ccc(Br)s2)c(C(=O)OC)cc1-c1ccc(Br)s1.COC(=O)c1cc(-c2ccc(I)s2)c(C(=O)OC)cc1-c1ccc(I)s1. The first-order chi connectivity index (χ1) is 51.5. The highest BCUT2D eigenvalue weighted by atomic mass is 127. The van der Waals surface area contributed by atoms with Gasteiger partial charge in [0, 0.05) is 83.5 Å². The van der Waals surface area contributed by atoms with Crippen LogP contribution in [0.3, 0.4) is 0 Å². The number of methoxy groups -OCH3 is 8. The van der Waals surface area contributed by atoms with E-state index in [1.54, 1.807) is 69.6 Å². The molecule has 4 aromatic carbocycles. The molecular formula is C76H56Br4I4O16S8. The van der Waals surface area contributed by atoms with Crippen molar-refractivity contribution in [3.05, 3.63) is 215 Å². The number of rotatable bonds is 16.